The molecule has 7 nitrogen and oxygen atoms in total. The van der Waals surface area contributed by atoms with Crippen molar-refractivity contribution < 1.29 is 9.59 Å². The van der Waals surface area contributed by atoms with E-state index in [1.165, 1.54) is 12.8 Å². The third-order valence-electron chi connectivity index (χ3n) is 5.31. The van der Waals surface area contributed by atoms with Gasteiger partial charge >= 0.3 is 0 Å². The molecule has 2 aromatic heterocycles. The van der Waals surface area contributed by atoms with Crippen molar-refractivity contribution in [1.29, 1.82) is 0 Å². The second-order valence-corrected chi connectivity index (χ2v) is 7.00. The summed E-state index contributed by atoms with van der Waals surface area (Å²) in [5.74, 6) is 0.735. The summed E-state index contributed by atoms with van der Waals surface area (Å²) in [6.07, 6.45) is 11.1. The van der Waals surface area contributed by atoms with Crippen LogP contribution in [0.3, 0.4) is 0 Å². The standard InChI is InChI=1S/C18H23N5O2/c24-16-7-6-13(11-23(16)15-4-1-2-5-15)17(25)20-10-14-12-22-9-3-8-19-18(22)21-14/h3,8-9,12-13,15H,1-2,4-7,10-11H2,(H,20,25). The van der Waals surface area contributed by atoms with E-state index in [2.05, 4.69) is 15.3 Å². The predicted molar refractivity (Wildman–Crippen MR) is 91.5 cm³/mol. The van der Waals surface area contributed by atoms with Gasteiger partial charge < -0.3 is 10.2 Å². The van der Waals surface area contributed by atoms with Crippen molar-refractivity contribution >= 4 is 17.6 Å². The summed E-state index contributed by atoms with van der Waals surface area (Å²) in [7, 11) is 0. The van der Waals surface area contributed by atoms with Gasteiger partial charge in [0.1, 0.15) is 0 Å². The SMILES string of the molecule is O=C(NCc1cn2cccnc2n1)C1CCC(=O)N(C2CCCC2)C1. The van der Waals surface area contributed by atoms with Crippen molar-refractivity contribution in [1.82, 2.24) is 24.6 Å². The van der Waals surface area contributed by atoms with Crippen LogP contribution in [-0.2, 0) is 16.1 Å². The number of imidazole rings is 1. The number of likely N-dealkylation sites (tertiary alicyclic amines) is 1. The van der Waals surface area contributed by atoms with E-state index < -0.39 is 0 Å². The highest BCUT2D eigenvalue weighted by Crippen LogP contribution is 2.28. The molecule has 2 aliphatic rings. The molecule has 0 aromatic carbocycles. The first-order chi connectivity index (χ1) is 12.2. The number of nitrogens with one attached hydrogen (secondary N) is 1. The van der Waals surface area contributed by atoms with E-state index in [4.69, 9.17) is 0 Å². The summed E-state index contributed by atoms with van der Waals surface area (Å²) in [5, 5.41) is 2.98. The predicted octanol–water partition coefficient (Wildman–Crippen LogP) is 1.53. The van der Waals surface area contributed by atoms with Crippen LogP contribution in [-0.4, -0.2) is 43.7 Å². The molecule has 1 N–H and O–H groups in total. The molecule has 1 aliphatic heterocycles. The van der Waals surface area contributed by atoms with Gasteiger partial charge in [-0.1, -0.05) is 12.8 Å². The summed E-state index contributed by atoms with van der Waals surface area (Å²) < 4.78 is 1.84. The van der Waals surface area contributed by atoms with Gasteiger partial charge in [-0.25, -0.2) is 9.97 Å². The summed E-state index contributed by atoms with van der Waals surface area (Å²) in [4.78, 5) is 35.3. The zero-order chi connectivity index (χ0) is 17.2. The van der Waals surface area contributed by atoms with Crippen LogP contribution in [0.15, 0.2) is 24.7 Å². The molecule has 0 spiro atoms. The lowest BCUT2D eigenvalue weighted by molar-refractivity contribution is -0.140. The molecule has 1 unspecified atom stereocenters. The zero-order valence-electron chi connectivity index (χ0n) is 14.2. The Balaban J connectivity index is 1.36. The first-order valence-electron chi connectivity index (χ1n) is 9.06. The van der Waals surface area contributed by atoms with Crippen molar-refractivity contribution in [2.24, 2.45) is 5.92 Å². The fraction of sp³-hybridized carbons (Fsp3) is 0.556. The summed E-state index contributed by atoms with van der Waals surface area (Å²) in [5.41, 5.74) is 0.784. The first kappa shape index (κ1) is 16.1. The Hall–Kier alpha value is -2.44. The number of piperidine rings is 1. The molecule has 1 saturated carbocycles. The summed E-state index contributed by atoms with van der Waals surface area (Å²) >= 11 is 0. The van der Waals surface area contributed by atoms with Gasteiger partial charge in [0.15, 0.2) is 0 Å². The highest BCUT2D eigenvalue weighted by Gasteiger charge is 2.35. The van der Waals surface area contributed by atoms with E-state index in [1.54, 1.807) is 6.20 Å². The Morgan fingerprint density at radius 2 is 2.12 bits per heavy atom. The van der Waals surface area contributed by atoms with E-state index in [0.717, 1.165) is 18.5 Å². The molecule has 1 aliphatic carbocycles. The smallest absolute Gasteiger partial charge is 0.233 e. The first-order valence-corrected chi connectivity index (χ1v) is 9.06. The van der Waals surface area contributed by atoms with E-state index in [9.17, 15) is 9.59 Å². The Morgan fingerprint density at radius 1 is 1.28 bits per heavy atom. The van der Waals surface area contributed by atoms with Crippen molar-refractivity contribution in [2.75, 3.05) is 6.54 Å². The molecule has 2 amide bonds. The molecule has 2 fully saturated rings. The normalized spacial score (nSPS) is 21.8. The van der Waals surface area contributed by atoms with E-state index >= 15 is 0 Å². The van der Waals surface area contributed by atoms with E-state index in [0.29, 0.717) is 37.8 Å². The van der Waals surface area contributed by atoms with Crippen LogP contribution in [0.2, 0.25) is 0 Å². The number of amides is 2. The summed E-state index contributed by atoms with van der Waals surface area (Å²) in [6.45, 7) is 0.943. The number of rotatable bonds is 4. The van der Waals surface area contributed by atoms with Gasteiger partial charge in [0, 0.05) is 37.6 Å². The Morgan fingerprint density at radius 3 is 2.92 bits per heavy atom. The van der Waals surface area contributed by atoms with Gasteiger partial charge in [0.05, 0.1) is 18.2 Å². The lowest BCUT2D eigenvalue weighted by Gasteiger charge is -2.36. The zero-order valence-corrected chi connectivity index (χ0v) is 14.2. The van der Waals surface area contributed by atoms with Gasteiger partial charge in [-0.15, -0.1) is 0 Å². The summed E-state index contributed by atoms with van der Waals surface area (Å²) in [6, 6.07) is 2.18. The van der Waals surface area contributed by atoms with Crippen molar-refractivity contribution in [2.45, 2.75) is 51.1 Å². The lowest BCUT2D eigenvalue weighted by Crippen LogP contribution is -2.49. The van der Waals surface area contributed by atoms with Gasteiger partial charge in [-0.2, -0.15) is 0 Å². The molecule has 4 rings (SSSR count). The molecular formula is C18H23N5O2. The lowest BCUT2D eigenvalue weighted by atomic mass is 9.95. The number of hydrogen-bond donors (Lipinski definition) is 1. The maximum absolute atomic E-state index is 12.6. The van der Waals surface area contributed by atoms with Gasteiger partial charge in [0.25, 0.3) is 0 Å². The maximum Gasteiger partial charge on any atom is 0.233 e. The molecule has 1 saturated heterocycles. The highest BCUT2D eigenvalue weighted by atomic mass is 16.2. The fourth-order valence-electron chi connectivity index (χ4n) is 3.94. The van der Waals surface area contributed by atoms with E-state index in [-0.39, 0.29) is 17.7 Å². The minimum absolute atomic E-state index is 0.0144. The van der Waals surface area contributed by atoms with Gasteiger partial charge in [-0.05, 0) is 25.3 Å². The van der Waals surface area contributed by atoms with Crippen LogP contribution < -0.4 is 5.32 Å². The largest absolute Gasteiger partial charge is 0.350 e. The van der Waals surface area contributed by atoms with Crippen LogP contribution >= 0.6 is 0 Å². The average Bonchev–Trinajstić information content (AvgIpc) is 3.29. The number of carbonyl (C=O) groups excluding carboxylic acids is 2. The van der Waals surface area contributed by atoms with E-state index in [1.807, 2.05) is 27.8 Å². The quantitative estimate of drug-likeness (QED) is 0.914. The molecule has 3 heterocycles. The second-order valence-electron chi connectivity index (χ2n) is 7.00. The topological polar surface area (TPSA) is 79.6 Å². The third kappa shape index (κ3) is 3.36. The molecular weight excluding hydrogens is 318 g/mol. The molecule has 1 atom stereocenters. The molecule has 25 heavy (non-hydrogen) atoms. The highest BCUT2D eigenvalue weighted by molar-refractivity contribution is 5.84. The minimum atomic E-state index is -0.117. The number of hydrogen-bond acceptors (Lipinski definition) is 4. The van der Waals surface area contributed by atoms with Gasteiger partial charge in [0.2, 0.25) is 17.6 Å². The van der Waals surface area contributed by atoms with Crippen LogP contribution in [0.25, 0.3) is 5.78 Å². The fourth-order valence-corrected chi connectivity index (χ4v) is 3.94. The van der Waals surface area contributed by atoms with Crippen LogP contribution in [0.4, 0.5) is 0 Å². The Labute approximate surface area is 146 Å². The maximum atomic E-state index is 12.6. The van der Waals surface area contributed by atoms with Crippen LogP contribution in [0.5, 0.6) is 0 Å². The minimum Gasteiger partial charge on any atom is -0.350 e. The molecule has 132 valence electrons. The number of fused-ring (bicyclic) bond motifs is 1. The number of carbonyl (C=O) groups is 2. The average molecular weight is 341 g/mol. The molecule has 0 radical (unpaired) electrons. The Kier molecular flexibility index (Phi) is 4.38. The number of nitrogens with zero attached hydrogens (tertiary/aromatic N) is 4. The third-order valence-corrected chi connectivity index (χ3v) is 5.31. The van der Waals surface area contributed by atoms with Crippen molar-refractivity contribution in [3.05, 3.63) is 30.4 Å². The molecule has 0 bridgehead atoms. The molecule has 7 heteroatoms. The van der Waals surface area contributed by atoms with Crippen molar-refractivity contribution in [3.63, 3.8) is 0 Å². The van der Waals surface area contributed by atoms with Crippen molar-refractivity contribution in [3.8, 4) is 0 Å². The Bertz CT molecular complexity index is 748. The van der Waals surface area contributed by atoms with Crippen LogP contribution in [0.1, 0.15) is 44.2 Å². The second kappa shape index (κ2) is 6.82. The van der Waals surface area contributed by atoms with Crippen LogP contribution in [0, 0.1) is 5.92 Å². The monoisotopic (exact) mass is 341 g/mol. The molecule has 2 aromatic rings. The van der Waals surface area contributed by atoms with Gasteiger partial charge in [-0.3, -0.25) is 14.0 Å². The number of aromatic nitrogens is 3.